The predicted octanol–water partition coefficient (Wildman–Crippen LogP) is 2.10. The minimum Gasteiger partial charge on any atom is -0.483 e. The van der Waals surface area contributed by atoms with Crippen LogP contribution in [0.1, 0.15) is 11.7 Å². The van der Waals surface area contributed by atoms with Gasteiger partial charge in [-0.2, -0.15) is 0 Å². The Kier molecular flexibility index (Phi) is 4.35. The van der Waals surface area contributed by atoms with E-state index in [9.17, 15) is 0 Å². The van der Waals surface area contributed by atoms with E-state index < -0.39 is 0 Å². The monoisotopic (exact) mass is 244 g/mol. The molecule has 0 fully saturated rings. The number of para-hydroxylation sites is 1. The summed E-state index contributed by atoms with van der Waals surface area (Å²) >= 11 is 0. The summed E-state index contributed by atoms with van der Waals surface area (Å²) in [5.74, 6) is 0.875. The zero-order valence-electron chi connectivity index (χ0n) is 9.87. The highest BCUT2D eigenvalue weighted by Crippen LogP contribution is 2.21. The summed E-state index contributed by atoms with van der Waals surface area (Å²) in [5.41, 5.74) is 1.15. The highest BCUT2D eigenvalue weighted by Gasteiger charge is 2.12. The Bertz CT molecular complexity index is 430. The van der Waals surface area contributed by atoms with E-state index in [4.69, 9.17) is 9.16 Å². The largest absolute Gasteiger partial charge is 0.483 e. The maximum Gasteiger partial charge on any atom is 0.146 e. The van der Waals surface area contributed by atoms with Crippen LogP contribution in [0.15, 0.2) is 60.7 Å². The number of rotatable bonds is 5. The third-order valence-corrected chi connectivity index (χ3v) is 2.84. The lowest BCUT2D eigenvalue weighted by Crippen LogP contribution is -2.13. The maximum atomic E-state index is 5.94. The van der Waals surface area contributed by atoms with Crippen LogP contribution < -0.4 is 4.74 Å². The van der Waals surface area contributed by atoms with E-state index in [0.29, 0.717) is 6.61 Å². The van der Waals surface area contributed by atoms with Crippen molar-refractivity contribution in [3.8, 4) is 5.75 Å². The molecule has 1 atom stereocenters. The van der Waals surface area contributed by atoms with Gasteiger partial charge in [-0.3, -0.25) is 0 Å². The van der Waals surface area contributed by atoms with Gasteiger partial charge in [0.15, 0.2) is 0 Å². The Morgan fingerprint density at radius 2 is 1.47 bits per heavy atom. The minimum absolute atomic E-state index is 0.0314. The second kappa shape index (κ2) is 6.23. The van der Waals surface area contributed by atoms with Crippen molar-refractivity contribution in [1.29, 1.82) is 0 Å². The highest BCUT2D eigenvalue weighted by molar-refractivity contribution is 5.97. The average molecular weight is 244 g/mol. The normalized spacial score (nSPS) is 12.2. The van der Waals surface area contributed by atoms with Crippen molar-refractivity contribution in [2.45, 2.75) is 6.10 Å². The smallest absolute Gasteiger partial charge is 0.146 e. The third kappa shape index (κ3) is 3.44. The van der Waals surface area contributed by atoms with Crippen LogP contribution in [0.25, 0.3) is 0 Å². The molecule has 0 N–H and O–H groups in total. The fraction of sp³-hybridized carbons (Fsp3) is 0.143. The Morgan fingerprint density at radius 1 is 0.882 bits per heavy atom. The molecule has 2 nitrogen and oxygen atoms in total. The zero-order chi connectivity index (χ0) is 11.9. The van der Waals surface area contributed by atoms with Crippen LogP contribution in [-0.2, 0) is 4.43 Å². The molecule has 0 radical (unpaired) electrons. The fourth-order valence-electron chi connectivity index (χ4n) is 1.68. The summed E-state index contributed by atoms with van der Waals surface area (Å²) in [5, 5.41) is 0. The first-order chi connectivity index (χ1) is 8.40. The molecule has 0 saturated carbocycles. The Morgan fingerprint density at radius 3 is 2.06 bits per heavy atom. The molecule has 3 heteroatoms. The number of benzene rings is 2. The maximum absolute atomic E-state index is 5.94. The summed E-state index contributed by atoms with van der Waals surface area (Å²) in [7, 11) is 0.725. The topological polar surface area (TPSA) is 18.5 Å². The van der Waals surface area contributed by atoms with Crippen molar-refractivity contribution in [2.24, 2.45) is 0 Å². The SMILES string of the molecule is [SiH3]OCC(Oc1ccccc1)c1ccccc1. The van der Waals surface area contributed by atoms with Crippen molar-refractivity contribution < 1.29 is 9.16 Å². The van der Waals surface area contributed by atoms with Crippen molar-refractivity contribution in [3.63, 3.8) is 0 Å². The molecule has 0 heterocycles. The molecule has 0 aliphatic heterocycles. The first-order valence-corrected chi connectivity index (χ1v) is 6.47. The average Bonchev–Trinajstić information content (AvgIpc) is 2.40. The molecule has 0 aromatic heterocycles. The molecule has 0 aliphatic rings. The van der Waals surface area contributed by atoms with Crippen molar-refractivity contribution in [1.82, 2.24) is 0 Å². The quantitative estimate of drug-likeness (QED) is 0.750. The molecular formula is C14H16O2Si. The van der Waals surface area contributed by atoms with Gasteiger partial charge in [-0.25, -0.2) is 0 Å². The fourth-order valence-corrected chi connectivity index (χ4v) is 1.98. The van der Waals surface area contributed by atoms with E-state index in [-0.39, 0.29) is 6.10 Å². The zero-order valence-corrected chi connectivity index (χ0v) is 11.9. The van der Waals surface area contributed by atoms with Crippen LogP contribution in [0.2, 0.25) is 0 Å². The summed E-state index contributed by atoms with van der Waals surface area (Å²) in [6.07, 6.45) is -0.0314. The van der Waals surface area contributed by atoms with Gasteiger partial charge in [0.1, 0.15) is 22.3 Å². The van der Waals surface area contributed by atoms with E-state index in [2.05, 4.69) is 12.1 Å². The van der Waals surface area contributed by atoms with Crippen molar-refractivity contribution >= 4 is 10.5 Å². The molecule has 2 aromatic carbocycles. The molecular weight excluding hydrogens is 228 g/mol. The highest BCUT2D eigenvalue weighted by atomic mass is 28.2. The molecule has 2 aromatic rings. The van der Waals surface area contributed by atoms with E-state index in [1.165, 1.54) is 0 Å². The van der Waals surface area contributed by atoms with Crippen LogP contribution in [0.3, 0.4) is 0 Å². The molecule has 17 heavy (non-hydrogen) atoms. The molecule has 0 bridgehead atoms. The van der Waals surface area contributed by atoms with Gasteiger partial charge in [-0.1, -0.05) is 48.5 Å². The number of hydrogen-bond donors (Lipinski definition) is 0. The predicted molar refractivity (Wildman–Crippen MR) is 72.1 cm³/mol. The summed E-state index contributed by atoms with van der Waals surface area (Å²) < 4.78 is 11.3. The lowest BCUT2D eigenvalue weighted by atomic mass is 10.1. The van der Waals surface area contributed by atoms with E-state index >= 15 is 0 Å². The van der Waals surface area contributed by atoms with Crippen LogP contribution in [-0.4, -0.2) is 17.1 Å². The molecule has 1 unspecified atom stereocenters. The van der Waals surface area contributed by atoms with E-state index in [1.54, 1.807) is 0 Å². The van der Waals surface area contributed by atoms with Gasteiger partial charge in [0.2, 0.25) is 0 Å². The molecule has 0 aliphatic carbocycles. The minimum atomic E-state index is -0.0314. The van der Waals surface area contributed by atoms with Crippen molar-refractivity contribution in [3.05, 3.63) is 66.2 Å². The Hall–Kier alpha value is -1.58. The van der Waals surface area contributed by atoms with Gasteiger partial charge in [0.25, 0.3) is 0 Å². The molecule has 0 amide bonds. The van der Waals surface area contributed by atoms with Crippen LogP contribution in [0.4, 0.5) is 0 Å². The lowest BCUT2D eigenvalue weighted by molar-refractivity contribution is 0.136. The lowest BCUT2D eigenvalue weighted by Gasteiger charge is -2.19. The third-order valence-electron chi connectivity index (χ3n) is 2.51. The van der Waals surface area contributed by atoms with Crippen LogP contribution >= 0.6 is 0 Å². The Labute approximate surface area is 105 Å². The van der Waals surface area contributed by atoms with Gasteiger partial charge in [-0.15, -0.1) is 0 Å². The first kappa shape index (κ1) is 11.9. The van der Waals surface area contributed by atoms with E-state index in [1.807, 2.05) is 48.5 Å². The van der Waals surface area contributed by atoms with Crippen molar-refractivity contribution in [2.75, 3.05) is 6.61 Å². The van der Waals surface area contributed by atoms with Gasteiger partial charge in [0.05, 0.1) is 6.61 Å². The van der Waals surface area contributed by atoms with Gasteiger partial charge < -0.3 is 9.16 Å². The molecule has 0 saturated heterocycles. The molecule has 88 valence electrons. The number of hydrogen-bond acceptors (Lipinski definition) is 2. The van der Waals surface area contributed by atoms with Gasteiger partial charge >= 0.3 is 0 Å². The number of ether oxygens (including phenoxy) is 1. The Balaban J connectivity index is 2.13. The van der Waals surface area contributed by atoms with Crippen LogP contribution in [0, 0.1) is 0 Å². The molecule has 2 rings (SSSR count). The molecule has 0 spiro atoms. The second-order valence-electron chi connectivity index (χ2n) is 3.79. The summed E-state index contributed by atoms with van der Waals surface area (Å²) in [6.45, 7) is 0.602. The van der Waals surface area contributed by atoms with Gasteiger partial charge in [0, 0.05) is 0 Å². The van der Waals surface area contributed by atoms with E-state index in [0.717, 1.165) is 21.8 Å². The first-order valence-electron chi connectivity index (χ1n) is 5.66. The second-order valence-corrected chi connectivity index (χ2v) is 4.36. The van der Waals surface area contributed by atoms with Gasteiger partial charge in [-0.05, 0) is 17.7 Å². The van der Waals surface area contributed by atoms with Crippen LogP contribution in [0.5, 0.6) is 5.75 Å². The summed E-state index contributed by atoms with van der Waals surface area (Å²) in [6, 6.07) is 20.0. The summed E-state index contributed by atoms with van der Waals surface area (Å²) in [4.78, 5) is 0. The standard InChI is InChI=1S/C14H16O2Si/c17-15-11-14(12-7-3-1-4-8-12)16-13-9-5-2-6-10-13/h1-10,14H,11H2,17H3.